The molecular weight excluding hydrogens is 268 g/mol. The SMILES string of the molecule is C=C.CC.CCC(C)C1CCCN1.CNC(C)CCC(C)C. The van der Waals surface area contributed by atoms with Gasteiger partial charge in [-0.05, 0) is 58.0 Å². The van der Waals surface area contributed by atoms with Crippen LogP contribution in [0.3, 0.4) is 0 Å². The maximum atomic E-state index is 3.51. The lowest BCUT2D eigenvalue weighted by Gasteiger charge is -2.16. The molecule has 0 aromatic carbocycles. The van der Waals surface area contributed by atoms with Crippen molar-refractivity contribution in [3.63, 3.8) is 0 Å². The fourth-order valence-corrected chi connectivity index (χ4v) is 2.21. The first-order valence-electron chi connectivity index (χ1n) is 9.41. The molecule has 2 heteroatoms. The van der Waals surface area contributed by atoms with Crippen molar-refractivity contribution in [1.29, 1.82) is 0 Å². The normalized spacial score (nSPS) is 18.9. The summed E-state index contributed by atoms with van der Waals surface area (Å²) in [5, 5.41) is 6.73. The first-order chi connectivity index (χ1) is 10.5. The van der Waals surface area contributed by atoms with Crippen molar-refractivity contribution >= 4 is 0 Å². The average molecular weight is 315 g/mol. The minimum absolute atomic E-state index is 0.687. The number of nitrogens with one attached hydrogen (secondary N) is 2. The average Bonchev–Trinajstić information content (AvgIpc) is 3.10. The van der Waals surface area contributed by atoms with E-state index in [1.165, 1.54) is 38.6 Å². The second-order valence-corrected chi connectivity index (χ2v) is 6.25. The van der Waals surface area contributed by atoms with E-state index in [1.807, 2.05) is 20.9 Å². The van der Waals surface area contributed by atoms with Crippen LogP contribution in [-0.2, 0) is 0 Å². The van der Waals surface area contributed by atoms with Crippen molar-refractivity contribution in [3.05, 3.63) is 13.2 Å². The molecule has 1 saturated heterocycles. The Morgan fingerprint density at radius 2 is 1.64 bits per heavy atom. The van der Waals surface area contributed by atoms with E-state index in [0.717, 1.165) is 17.9 Å². The Morgan fingerprint density at radius 1 is 1.09 bits per heavy atom. The quantitative estimate of drug-likeness (QED) is 0.620. The van der Waals surface area contributed by atoms with Crippen LogP contribution in [0.25, 0.3) is 0 Å². The maximum Gasteiger partial charge on any atom is 0.00930 e. The van der Waals surface area contributed by atoms with E-state index in [9.17, 15) is 0 Å². The molecule has 0 saturated carbocycles. The van der Waals surface area contributed by atoms with Crippen LogP contribution in [-0.4, -0.2) is 25.7 Å². The second kappa shape index (κ2) is 20.7. The van der Waals surface area contributed by atoms with Gasteiger partial charge in [-0.25, -0.2) is 0 Å². The van der Waals surface area contributed by atoms with E-state index in [0.29, 0.717) is 6.04 Å². The first-order valence-corrected chi connectivity index (χ1v) is 9.41. The van der Waals surface area contributed by atoms with E-state index in [2.05, 4.69) is 58.4 Å². The maximum absolute atomic E-state index is 3.51. The van der Waals surface area contributed by atoms with Crippen LogP contribution in [0, 0.1) is 11.8 Å². The Hall–Kier alpha value is -0.340. The van der Waals surface area contributed by atoms with Crippen LogP contribution >= 0.6 is 0 Å². The summed E-state index contributed by atoms with van der Waals surface area (Å²) in [6, 6.07) is 1.52. The van der Waals surface area contributed by atoms with E-state index in [1.54, 1.807) is 0 Å². The summed E-state index contributed by atoms with van der Waals surface area (Å²) in [7, 11) is 2.02. The van der Waals surface area contributed by atoms with Gasteiger partial charge in [0.05, 0.1) is 0 Å². The summed E-state index contributed by atoms with van der Waals surface area (Å²) in [5.74, 6) is 1.73. The third-order valence-corrected chi connectivity index (χ3v) is 4.10. The van der Waals surface area contributed by atoms with Gasteiger partial charge in [0.15, 0.2) is 0 Å². The molecule has 22 heavy (non-hydrogen) atoms. The Labute approximate surface area is 142 Å². The molecular formula is C20H46N2. The molecule has 136 valence electrons. The highest BCUT2D eigenvalue weighted by atomic mass is 14.9. The van der Waals surface area contributed by atoms with Gasteiger partial charge >= 0.3 is 0 Å². The molecule has 3 unspecified atom stereocenters. The van der Waals surface area contributed by atoms with Gasteiger partial charge in [0, 0.05) is 12.1 Å². The molecule has 1 aliphatic rings. The van der Waals surface area contributed by atoms with Gasteiger partial charge in [0.25, 0.3) is 0 Å². The minimum atomic E-state index is 0.687. The highest BCUT2D eigenvalue weighted by Gasteiger charge is 2.18. The predicted molar refractivity (Wildman–Crippen MR) is 106 cm³/mol. The molecule has 0 bridgehead atoms. The molecule has 0 aromatic rings. The number of rotatable bonds is 6. The topological polar surface area (TPSA) is 24.1 Å². The summed E-state index contributed by atoms with van der Waals surface area (Å²) in [6.07, 6.45) is 6.73. The standard InChI is InChI=1S/C8H17N.C8H19N.C2H6.C2H4/c1-3-7(2)8-5-4-6-9-8;1-7(2)5-6-8(3)9-4;2*1-2/h7-9H,3-6H2,1-2H3;7-9H,5-6H2,1-4H3;1-2H3;1-2H2. The van der Waals surface area contributed by atoms with Crippen molar-refractivity contribution in [3.8, 4) is 0 Å². The molecule has 3 atom stereocenters. The fraction of sp³-hybridized carbons (Fsp3) is 0.900. The van der Waals surface area contributed by atoms with Gasteiger partial charge in [-0.2, -0.15) is 0 Å². The summed E-state index contributed by atoms with van der Waals surface area (Å²) in [5.41, 5.74) is 0. The van der Waals surface area contributed by atoms with Crippen LogP contribution in [0.1, 0.15) is 80.6 Å². The molecule has 0 amide bonds. The highest BCUT2D eigenvalue weighted by molar-refractivity contribution is 4.77. The highest BCUT2D eigenvalue weighted by Crippen LogP contribution is 2.16. The molecule has 2 N–H and O–H groups in total. The van der Waals surface area contributed by atoms with Crippen LogP contribution in [0.5, 0.6) is 0 Å². The van der Waals surface area contributed by atoms with Crippen LogP contribution in [0.4, 0.5) is 0 Å². The van der Waals surface area contributed by atoms with Crippen molar-refractivity contribution in [2.75, 3.05) is 13.6 Å². The van der Waals surface area contributed by atoms with E-state index < -0.39 is 0 Å². The molecule has 0 aliphatic carbocycles. The molecule has 0 aromatic heterocycles. The van der Waals surface area contributed by atoms with Crippen molar-refractivity contribution in [1.82, 2.24) is 10.6 Å². The lowest BCUT2D eigenvalue weighted by Crippen LogP contribution is -2.27. The number of hydrogen-bond donors (Lipinski definition) is 2. The van der Waals surface area contributed by atoms with Crippen molar-refractivity contribution in [2.45, 2.75) is 92.7 Å². The zero-order valence-corrected chi connectivity index (χ0v) is 17.0. The van der Waals surface area contributed by atoms with Gasteiger partial charge < -0.3 is 10.6 Å². The fourth-order valence-electron chi connectivity index (χ4n) is 2.21. The molecule has 0 spiro atoms. The summed E-state index contributed by atoms with van der Waals surface area (Å²) in [6.45, 7) is 22.6. The van der Waals surface area contributed by atoms with Crippen LogP contribution in [0.15, 0.2) is 13.2 Å². The molecule has 1 rings (SSSR count). The molecule has 1 fully saturated rings. The molecule has 0 radical (unpaired) electrons. The second-order valence-electron chi connectivity index (χ2n) is 6.25. The van der Waals surface area contributed by atoms with E-state index in [-0.39, 0.29) is 0 Å². The lowest BCUT2D eigenvalue weighted by molar-refractivity contribution is 0.409. The van der Waals surface area contributed by atoms with Gasteiger partial charge in [0.2, 0.25) is 0 Å². The van der Waals surface area contributed by atoms with Gasteiger partial charge in [-0.1, -0.05) is 48.0 Å². The largest absolute Gasteiger partial charge is 0.317 e. The zero-order valence-electron chi connectivity index (χ0n) is 17.0. The zero-order chi connectivity index (χ0) is 18.0. The number of hydrogen-bond acceptors (Lipinski definition) is 2. The Balaban J connectivity index is -0.000000267. The Kier molecular flexibility index (Phi) is 24.9. The minimum Gasteiger partial charge on any atom is -0.317 e. The van der Waals surface area contributed by atoms with Gasteiger partial charge in [-0.15, -0.1) is 13.2 Å². The molecule has 2 nitrogen and oxygen atoms in total. The van der Waals surface area contributed by atoms with E-state index >= 15 is 0 Å². The Morgan fingerprint density at radius 3 is 1.95 bits per heavy atom. The smallest absolute Gasteiger partial charge is 0.00930 e. The molecule has 1 heterocycles. The monoisotopic (exact) mass is 314 g/mol. The van der Waals surface area contributed by atoms with Gasteiger partial charge in [-0.3, -0.25) is 0 Å². The summed E-state index contributed by atoms with van der Waals surface area (Å²) in [4.78, 5) is 0. The molecule has 1 aliphatic heterocycles. The lowest BCUT2D eigenvalue weighted by atomic mass is 9.98. The van der Waals surface area contributed by atoms with Crippen LogP contribution < -0.4 is 10.6 Å². The van der Waals surface area contributed by atoms with E-state index in [4.69, 9.17) is 0 Å². The Bertz CT molecular complexity index is 186. The van der Waals surface area contributed by atoms with Crippen LogP contribution in [0.2, 0.25) is 0 Å². The first kappa shape index (κ1) is 26.6. The van der Waals surface area contributed by atoms with Gasteiger partial charge in [0.1, 0.15) is 0 Å². The summed E-state index contributed by atoms with van der Waals surface area (Å²) >= 11 is 0. The van der Waals surface area contributed by atoms with Crippen molar-refractivity contribution < 1.29 is 0 Å². The third kappa shape index (κ3) is 17.7. The predicted octanol–water partition coefficient (Wildman–Crippen LogP) is 5.64. The van der Waals surface area contributed by atoms with Crippen molar-refractivity contribution in [2.24, 2.45) is 11.8 Å². The summed E-state index contributed by atoms with van der Waals surface area (Å²) < 4.78 is 0. The third-order valence-electron chi connectivity index (χ3n) is 4.10.